The van der Waals surface area contributed by atoms with E-state index < -0.39 is 39.4 Å². The number of nitrogens with one attached hydrogen (secondary N) is 1. The van der Waals surface area contributed by atoms with Crippen molar-refractivity contribution in [2.24, 2.45) is 5.92 Å². The number of nitrogens with zero attached hydrogens (tertiary/aromatic N) is 2. The van der Waals surface area contributed by atoms with Gasteiger partial charge in [0.05, 0.1) is 17.5 Å². The zero-order chi connectivity index (χ0) is 22.3. The minimum Gasteiger partial charge on any atom is -0.504 e. The fourth-order valence-corrected chi connectivity index (χ4v) is 4.15. The summed E-state index contributed by atoms with van der Waals surface area (Å²) in [6.07, 6.45) is 0. The Hall–Kier alpha value is -3.22. The summed E-state index contributed by atoms with van der Waals surface area (Å²) >= 11 is 0. The van der Waals surface area contributed by atoms with Crippen molar-refractivity contribution in [3.63, 3.8) is 0 Å². The Kier molecular flexibility index (Phi) is 7.69. The Morgan fingerprint density at radius 2 is 1.77 bits per heavy atom. The summed E-state index contributed by atoms with van der Waals surface area (Å²) in [5.74, 6) is -2.57. The van der Waals surface area contributed by atoms with E-state index in [2.05, 4.69) is 9.70 Å². The van der Waals surface area contributed by atoms with Gasteiger partial charge in [-0.25, -0.2) is 17.9 Å². The van der Waals surface area contributed by atoms with Gasteiger partial charge in [0.15, 0.2) is 4.98 Å². The van der Waals surface area contributed by atoms with Crippen LogP contribution in [-0.4, -0.2) is 26.1 Å². The van der Waals surface area contributed by atoms with E-state index in [0.29, 0.717) is 5.56 Å². The summed E-state index contributed by atoms with van der Waals surface area (Å²) < 4.78 is 33.3. The van der Waals surface area contributed by atoms with Crippen molar-refractivity contribution in [3.05, 3.63) is 82.2 Å². The second kappa shape index (κ2) is 10.0. The number of ether oxygens (including phenoxy) is 1. The Bertz CT molecular complexity index is 1060. The summed E-state index contributed by atoms with van der Waals surface area (Å²) in [5.41, 5.74) is 0.777. The minimum atomic E-state index is -3.96. The van der Waals surface area contributed by atoms with Crippen molar-refractivity contribution in [1.29, 1.82) is 5.39 Å². The monoisotopic (exact) mass is 430 g/mol. The topological polar surface area (TPSA) is 121 Å². The standard InChI is InChI=1S/C21H23N3O5S/c1-4-29-21(26)19(23-22)20(25)15(3)18(16-8-6-5-7-9-16)24-30(27,28)17-12-10-14(2)11-13-17/h5-13,15,18,24H,4H2,1-3H3/p+1. The molecule has 0 amide bonds. The molecule has 2 atom stereocenters. The molecule has 0 saturated heterocycles. The van der Waals surface area contributed by atoms with Gasteiger partial charge in [0, 0.05) is 5.92 Å². The van der Waals surface area contributed by atoms with E-state index in [1.807, 2.05) is 6.92 Å². The van der Waals surface area contributed by atoms with E-state index in [1.54, 1.807) is 49.4 Å². The molecule has 2 N–H and O–H groups in total. The molecule has 0 aliphatic heterocycles. The van der Waals surface area contributed by atoms with Gasteiger partial charge in [-0.2, -0.15) is 0 Å². The molecule has 30 heavy (non-hydrogen) atoms. The van der Waals surface area contributed by atoms with Gasteiger partial charge in [0.1, 0.15) is 0 Å². The molecule has 2 unspecified atom stereocenters. The first-order chi connectivity index (χ1) is 14.2. The lowest BCUT2D eigenvalue weighted by molar-refractivity contribution is -0.138. The van der Waals surface area contributed by atoms with Gasteiger partial charge in [0.2, 0.25) is 21.2 Å². The van der Waals surface area contributed by atoms with E-state index in [0.717, 1.165) is 5.56 Å². The Morgan fingerprint density at radius 1 is 1.17 bits per heavy atom. The smallest absolute Gasteiger partial charge is 0.504 e. The molecule has 9 heteroatoms. The van der Waals surface area contributed by atoms with Gasteiger partial charge >= 0.3 is 11.7 Å². The van der Waals surface area contributed by atoms with Crippen LogP contribution in [0.3, 0.4) is 0 Å². The second-order valence-electron chi connectivity index (χ2n) is 6.67. The SMILES string of the molecule is CCOC(=O)/C([N+]#N)=C(\O)C(C)C(NS(=O)(=O)c1ccc(C)cc1)c1ccccc1. The lowest BCUT2D eigenvalue weighted by Gasteiger charge is -2.24. The number of aliphatic hydroxyl groups excluding tert-OH is 1. The Labute approximate surface area is 175 Å². The highest BCUT2D eigenvalue weighted by atomic mass is 32.2. The first kappa shape index (κ1) is 23.1. The molecule has 2 rings (SSSR count). The summed E-state index contributed by atoms with van der Waals surface area (Å²) in [6, 6.07) is 13.9. The lowest BCUT2D eigenvalue weighted by Crippen LogP contribution is -2.34. The maximum atomic E-state index is 13.0. The zero-order valence-corrected chi connectivity index (χ0v) is 17.8. The van der Waals surface area contributed by atoms with Crippen LogP contribution in [0.5, 0.6) is 0 Å². The van der Waals surface area contributed by atoms with Crippen molar-refractivity contribution in [2.45, 2.75) is 31.7 Å². The van der Waals surface area contributed by atoms with Gasteiger partial charge in [-0.05, 0) is 31.5 Å². The molecule has 0 aliphatic rings. The summed E-state index contributed by atoms with van der Waals surface area (Å²) in [5, 5.41) is 19.8. The number of sulfonamides is 1. The third kappa shape index (κ3) is 5.43. The molecular weight excluding hydrogens is 406 g/mol. The fraction of sp³-hybridized carbons (Fsp3) is 0.286. The Morgan fingerprint density at radius 3 is 2.30 bits per heavy atom. The van der Waals surface area contributed by atoms with Crippen molar-refractivity contribution in [1.82, 2.24) is 4.72 Å². The molecule has 8 nitrogen and oxygen atoms in total. The quantitative estimate of drug-likeness (QED) is 0.284. The molecule has 0 saturated carbocycles. The average molecular weight is 431 g/mol. The summed E-state index contributed by atoms with van der Waals surface area (Å²) in [7, 11) is -3.96. The van der Waals surface area contributed by atoms with E-state index in [-0.39, 0.29) is 11.5 Å². The van der Waals surface area contributed by atoms with Crippen LogP contribution in [0.15, 0.2) is 70.9 Å². The van der Waals surface area contributed by atoms with Gasteiger partial charge < -0.3 is 9.84 Å². The third-order valence-corrected chi connectivity index (χ3v) is 5.97. The maximum Gasteiger partial charge on any atom is 0.505 e. The molecule has 0 radical (unpaired) electrons. The van der Waals surface area contributed by atoms with Crippen LogP contribution in [-0.2, 0) is 19.6 Å². The fourth-order valence-electron chi connectivity index (χ4n) is 2.84. The molecule has 0 heterocycles. The van der Waals surface area contributed by atoms with Crippen molar-refractivity contribution >= 4 is 16.0 Å². The van der Waals surface area contributed by atoms with Crippen molar-refractivity contribution < 1.29 is 23.1 Å². The number of benzene rings is 2. The van der Waals surface area contributed by atoms with Crippen LogP contribution in [0, 0.1) is 18.2 Å². The lowest BCUT2D eigenvalue weighted by atomic mass is 9.93. The first-order valence-corrected chi connectivity index (χ1v) is 10.8. The molecule has 2 aromatic carbocycles. The molecule has 0 bridgehead atoms. The van der Waals surface area contributed by atoms with E-state index in [1.165, 1.54) is 19.1 Å². The molecule has 0 fully saturated rings. The van der Waals surface area contributed by atoms with Gasteiger partial charge in [0.25, 0.3) is 0 Å². The molecule has 2 aromatic rings. The predicted molar refractivity (Wildman–Crippen MR) is 111 cm³/mol. The van der Waals surface area contributed by atoms with Crippen LogP contribution in [0.25, 0.3) is 4.98 Å². The number of carbonyl (C=O) groups excluding carboxylic acids is 1. The number of hydrogen-bond acceptors (Lipinski definition) is 6. The van der Waals surface area contributed by atoms with Gasteiger partial charge in [-0.15, -0.1) is 0 Å². The number of diazo groups is 1. The highest BCUT2D eigenvalue weighted by molar-refractivity contribution is 7.89. The zero-order valence-electron chi connectivity index (χ0n) is 16.9. The predicted octanol–water partition coefficient (Wildman–Crippen LogP) is 3.84. The van der Waals surface area contributed by atoms with Crippen LogP contribution < -0.4 is 4.72 Å². The normalized spacial score (nSPS) is 14.2. The number of aliphatic hydroxyl groups is 1. The maximum absolute atomic E-state index is 13.0. The summed E-state index contributed by atoms with van der Waals surface area (Å²) in [4.78, 5) is 14.9. The number of aryl methyl sites for hydroxylation is 1. The number of esters is 1. The van der Waals surface area contributed by atoms with E-state index in [4.69, 9.17) is 4.74 Å². The van der Waals surface area contributed by atoms with Crippen molar-refractivity contribution in [3.8, 4) is 0 Å². The number of carbonyl (C=O) groups is 1. The number of hydrogen-bond donors (Lipinski definition) is 2. The van der Waals surface area contributed by atoms with Crippen LogP contribution in [0.1, 0.15) is 31.0 Å². The largest absolute Gasteiger partial charge is 0.505 e. The van der Waals surface area contributed by atoms with E-state index >= 15 is 0 Å². The first-order valence-electron chi connectivity index (χ1n) is 9.30. The molecule has 0 aromatic heterocycles. The van der Waals surface area contributed by atoms with Gasteiger partial charge in [-0.1, -0.05) is 55.0 Å². The minimum absolute atomic E-state index is 0.0156. The van der Waals surface area contributed by atoms with Crippen LogP contribution in [0.2, 0.25) is 0 Å². The Balaban J connectivity index is 2.49. The molecule has 0 spiro atoms. The number of rotatable bonds is 8. The molecular formula is C21H24N3O5S+. The summed E-state index contributed by atoms with van der Waals surface area (Å²) in [6.45, 7) is 4.93. The van der Waals surface area contributed by atoms with Crippen LogP contribution >= 0.6 is 0 Å². The average Bonchev–Trinajstić information content (AvgIpc) is 2.73. The highest BCUT2D eigenvalue weighted by Gasteiger charge is 2.38. The van der Waals surface area contributed by atoms with Gasteiger partial charge in [-0.3, -0.25) is 0 Å². The van der Waals surface area contributed by atoms with E-state index in [9.17, 15) is 23.7 Å². The molecule has 0 aliphatic carbocycles. The van der Waals surface area contributed by atoms with Crippen LogP contribution in [0.4, 0.5) is 0 Å². The second-order valence-corrected chi connectivity index (χ2v) is 8.38. The third-order valence-electron chi connectivity index (χ3n) is 4.51. The van der Waals surface area contributed by atoms with Crippen molar-refractivity contribution in [2.75, 3.05) is 6.61 Å². The highest BCUT2D eigenvalue weighted by Crippen LogP contribution is 2.30. The molecule has 158 valence electrons.